The van der Waals surface area contributed by atoms with E-state index in [4.69, 9.17) is 0 Å². The van der Waals surface area contributed by atoms with Gasteiger partial charge in [-0.3, -0.25) is 9.97 Å². The number of aliphatic hydroxyl groups excluding tert-OH is 1. The van der Waals surface area contributed by atoms with Gasteiger partial charge in [-0.15, -0.1) is 0 Å². The number of nitrogens with zero attached hydrogens (tertiary/aromatic N) is 5. The molecule has 0 aliphatic rings. The molecule has 0 atom stereocenters. The highest BCUT2D eigenvalue weighted by Crippen LogP contribution is 2.29. The van der Waals surface area contributed by atoms with E-state index in [9.17, 15) is 5.11 Å². The van der Waals surface area contributed by atoms with Crippen LogP contribution in [0.2, 0.25) is 0 Å². The van der Waals surface area contributed by atoms with Crippen LogP contribution in [0.4, 0.5) is 0 Å². The Bertz CT molecular complexity index is 917. The molecule has 0 aliphatic carbocycles. The monoisotopic (exact) mass is 309 g/mol. The summed E-state index contributed by atoms with van der Waals surface area (Å²) in [5.41, 5.74) is 3.02. The summed E-state index contributed by atoms with van der Waals surface area (Å²) in [4.78, 5) is 13.6. The molecule has 0 aromatic carbocycles. The Kier molecular flexibility index (Phi) is 3.14. The van der Waals surface area contributed by atoms with Crippen molar-refractivity contribution in [2.75, 3.05) is 0 Å². The fraction of sp³-hybridized carbons (Fsp3) is 0.0667. The minimum atomic E-state index is -0.146. The summed E-state index contributed by atoms with van der Waals surface area (Å²) in [6.45, 7) is -0.146. The molecule has 0 bridgehead atoms. The van der Waals surface area contributed by atoms with Crippen molar-refractivity contribution >= 4 is 16.3 Å². The highest BCUT2D eigenvalue weighted by molar-refractivity contribution is 7.19. The van der Waals surface area contributed by atoms with Crippen LogP contribution in [0.3, 0.4) is 0 Å². The minimum Gasteiger partial charge on any atom is -0.390 e. The van der Waals surface area contributed by atoms with Gasteiger partial charge in [-0.05, 0) is 24.3 Å². The van der Waals surface area contributed by atoms with E-state index in [1.807, 2.05) is 30.3 Å². The van der Waals surface area contributed by atoms with Gasteiger partial charge in [0.25, 0.3) is 0 Å². The third kappa shape index (κ3) is 2.07. The molecular formula is C15H11N5OS. The van der Waals surface area contributed by atoms with Gasteiger partial charge in [-0.25, -0.2) is 9.50 Å². The van der Waals surface area contributed by atoms with E-state index in [0.717, 1.165) is 21.2 Å². The van der Waals surface area contributed by atoms with Gasteiger partial charge < -0.3 is 5.11 Å². The number of aromatic nitrogens is 5. The lowest BCUT2D eigenvalue weighted by molar-refractivity contribution is 0.275. The third-order valence-corrected chi connectivity index (χ3v) is 4.24. The van der Waals surface area contributed by atoms with Crippen LogP contribution in [0.25, 0.3) is 26.9 Å². The van der Waals surface area contributed by atoms with Crippen molar-refractivity contribution in [1.29, 1.82) is 0 Å². The Morgan fingerprint density at radius 3 is 2.68 bits per heavy atom. The van der Waals surface area contributed by atoms with Crippen molar-refractivity contribution < 1.29 is 5.11 Å². The summed E-state index contributed by atoms with van der Waals surface area (Å²) in [5, 5.41) is 15.1. The molecule has 4 aromatic heterocycles. The van der Waals surface area contributed by atoms with Gasteiger partial charge in [-0.1, -0.05) is 17.4 Å². The summed E-state index contributed by atoms with van der Waals surface area (Å²) >= 11 is 1.47. The molecule has 0 unspecified atom stereocenters. The first-order chi connectivity index (χ1) is 10.9. The van der Waals surface area contributed by atoms with Crippen molar-refractivity contribution in [3.8, 4) is 22.0 Å². The molecular weight excluding hydrogens is 298 g/mol. The van der Waals surface area contributed by atoms with Crippen molar-refractivity contribution in [1.82, 2.24) is 24.6 Å². The average molecular weight is 309 g/mol. The number of hydrogen-bond acceptors (Lipinski definition) is 6. The second-order valence-electron chi connectivity index (χ2n) is 4.62. The third-order valence-electron chi connectivity index (χ3n) is 3.28. The Balaban J connectivity index is 1.88. The van der Waals surface area contributed by atoms with Crippen molar-refractivity contribution in [3.05, 3.63) is 54.6 Å². The van der Waals surface area contributed by atoms with Gasteiger partial charge in [0.1, 0.15) is 10.7 Å². The van der Waals surface area contributed by atoms with Gasteiger partial charge in [0.05, 0.1) is 18.0 Å². The zero-order valence-electron chi connectivity index (χ0n) is 11.4. The van der Waals surface area contributed by atoms with Gasteiger partial charge in [0, 0.05) is 24.2 Å². The van der Waals surface area contributed by atoms with Crippen LogP contribution in [-0.2, 0) is 6.61 Å². The molecule has 0 saturated carbocycles. The first-order valence-corrected chi connectivity index (χ1v) is 7.49. The maximum atomic E-state index is 9.71. The minimum absolute atomic E-state index is 0.146. The highest BCUT2D eigenvalue weighted by Gasteiger charge is 2.18. The van der Waals surface area contributed by atoms with E-state index in [-0.39, 0.29) is 6.61 Å². The highest BCUT2D eigenvalue weighted by atomic mass is 32.1. The second kappa shape index (κ2) is 5.28. The van der Waals surface area contributed by atoms with E-state index in [1.54, 1.807) is 23.1 Å². The molecule has 108 valence electrons. The SMILES string of the molecule is OCc1c(-c2ccccn2)nc2sc(-c3ccncc3)nn12. The van der Waals surface area contributed by atoms with Crippen molar-refractivity contribution in [2.24, 2.45) is 0 Å². The molecule has 0 aliphatic heterocycles. The summed E-state index contributed by atoms with van der Waals surface area (Å²) < 4.78 is 1.68. The molecule has 4 heterocycles. The van der Waals surface area contributed by atoms with Crippen molar-refractivity contribution in [3.63, 3.8) is 0 Å². The number of rotatable bonds is 3. The summed E-state index contributed by atoms with van der Waals surface area (Å²) in [6, 6.07) is 9.41. The number of imidazole rings is 1. The lowest BCUT2D eigenvalue weighted by atomic mass is 10.2. The summed E-state index contributed by atoms with van der Waals surface area (Å²) in [6.07, 6.45) is 5.16. The Hall–Kier alpha value is -2.64. The van der Waals surface area contributed by atoms with Gasteiger partial charge in [0.15, 0.2) is 0 Å². The zero-order chi connectivity index (χ0) is 14.9. The van der Waals surface area contributed by atoms with Crippen LogP contribution in [0.5, 0.6) is 0 Å². The number of hydrogen-bond donors (Lipinski definition) is 1. The Labute approximate surface area is 129 Å². The Morgan fingerprint density at radius 1 is 1.09 bits per heavy atom. The second-order valence-corrected chi connectivity index (χ2v) is 5.57. The topological polar surface area (TPSA) is 76.2 Å². The van der Waals surface area contributed by atoms with Crippen LogP contribution in [0.15, 0.2) is 48.9 Å². The molecule has 7 heteroatoms. The molecule has 0 radical (unpaired) electrons. The standard InChI is InChI=1S/C15H11N5OS/c21-9-12-13(11-3-1-2-6-17-11)18-15-20(12)19-14(22-15)10-4-7-16-8-5-10/h1-8,21H,9H2. The van der Waals surface area contributed by atoms with Crippen molar-refractivity contribution in [2.45, 2.75) is 6.61 Å². The summed E-state index contributed by atoms with van der Waals surface area (Å²) in [5.74, 6) is 0. The predicted molar refractivity (Wildman–Crippen MR) is 83.2 cm³/mol. The van der Waals surface area contributed by atoms with Crippen LogP contribution < -0.4 is 0 Å². The predicted octanol–water partition coefficient (Wildman–Crippen LogP) is 2.41. The van der Waals surface area contributed by atoms with Crippen LogP contribution in [0.1, 0.15) is 5.69 Å². The molecule has 0 saturated heterocycles. The quantitative estimate of drug-likeness (QED) is 0.629. The molecule has 0 fully saturated rings. The summed E-state index contributed by atoms with van der Waals surface area (Å²) in [7, 11) is 0. The maximum absolute atomic E-state index is 9.71. The normalized spacial score (nSPS) is 11.1. The smallest absolute Gasteiger partial charge is 0.213 e. The van der Waals surface area contributed by atoms with E-state index >= 15 is 0 Å². The first-order valence-electron chi connectivity index (χ1n) is 6.68. The first kappa shape index (κ1) is 13.1. The number of aliphatic hydroxyl groups is 1. The number of pyridine rings is 2. The lowest BCUT2D eigenvalue weighted by Crippen LogP contribution is -1.96. The van der Waals surface area contributed by atoms with Gasteiger partial charge >= 0.3 is 0 Å². The fourth-order valence-corrected chi connectivity index (χ4v) is 3.17. The van der Waals surface area contributed by atoms with Crippen LogP contribution >= 0.6 is 11.3 Å². The van der Waals surface area contributed by atoms with E-state index < -0.39 is 0 Å². The maximum Gasteiger partial charge on any atom is 0.213 e. The molecule has 22 heavy (non-hydrogen) atoms. The van der Waals surface area contributed by atoms with E-state index in [2.05, 4.69) is 20.1 Å². The van der Waals surface area contributed by atoms with Crippen LogP contribution in [-0.4, -0.2) is 29.7 Å². The molecule has 6 nitrogen and oxygen atoms in total. The molecule has 1 N–H and O–H groups in total. The van der Waals surface area contributed by atoms with E-state index in [1.165, 1.54) is 11.3 Å². The average Bonchev–Trinajstić information content (AvgIpc) is 3.14. The Morgan fingerprint density at radius 2 is 1.95 bits per heavy atom. The van der Waals surface area contributed by atoms with Gasteiger partial charge in [0.2, 0.25) is 4.96 Å². The molecule has 4 aromatic rings. The van der Waals surface area contributed by atoms with Gasteiger partial charge in [-0.2, -0.15) is 5.10 Å². The van der Waals surface area contributed by atoms with E-state index in [0.29, 0.717) is 11.4 Å². The zero-order valence-corrected chi connectivity index (χ0v) is 12.2. The lowest BCUT2D eigenvalue weighted by Gasteiger charge is -1.99. The molecule has 0 spiro atoms. The molecule has 0 amide bonds. The fourth-order valence-electron chi connectivity index (χ4n) is 2.25. The largest absolute Gasteiger partial charge is 0.390 e. The molecule has 4 rings (SSSR count). The van der Waals surface area contributed by atoms with Crippen LogP contribution in [0, 0.1) is 0 Å². The number of fused-ring (bicyclic) bond motifs is 1.